The minimum Gasteiger partial charge on any atom is -0.361 e. The number of nitrogens with zero attached hydrogens (tertiary/aromatic N) is 5. The highest BCUT2D eigenvalue weighted by atomic mass is 19.1. The number of nitrogens with one attached hydrogen (secondary N) is 1. The number of halogens is 1. The van der Waals surface area contributed by atoms with Gasteiger partial charge in [-0.3, -0.25) is 0 Å². The summed E-state index contributed by atoms with van der Waals surface area (Å²) < 4.78 is 15.7. The molecule has 0 unspecified atom stereocenters. The van der Waals surface area contributed by atoms with Gasteiger partial charge in [0, 0.05) is 26.7 Å². The van der Waals surface area contributed by atoms with Gasteiger partial charge < -0.3 is 14.8 Å². The van der Waals surface area contributed by atoms with E-state index in [-0.39, 0.29) is 5.82 Å². The Morgan fingerprint density at radius 3 is 2.68 bits per heavy atom. The van der Waals surface area contributed by atoms with Crippen LogP contribution in [-0.4, -0.2) is 40.7 Å². The van der Waals surface area contributed by atoms with Crippen LogP contribution in [0.3, 0.4) is 0 Å². The first kappa shape index (κ1) is 14.2. The molecule has 2 aromatic heterocycles. The minimum atomic E-state index is -0.236. The van der Waals surface area contributed by atoms with Crippen molar-refractivity contribution >= 4 is 22.9 Å². The molecule has 1 N–H and O–H groups in total. The molecule has 3 aromatic rings. The van der Waals surface area contributed by atoms with Gasteiger partial charge in [-0.2, -0.15) is 9.97 Å². The van der Waals surface area contributed by atoms with Crippen molar-refractivity contribution in [3.63, 3.8) is 0 Å². The average molecular weight is 300 g/mol. The van der Waals surface area contributed by atoms with Gasteiger partial charge in [-0.15, -0.1) is 0 Å². The van der Waals surface area contributed by atoms with E-state index in [4.69, 9.17) is 0 Å². The van der Waals surface area contributed by atoms with Crippen LogP contribution in [0.4, 0.5) is 16.2 Å². The van der Waals surface area contributed by atoms with Gasteiger partial charge in [0.25, 0.3) is 0 Å². The maximum atomic E-state index is 13.8. The van der Waals surface area contributed by atoms with Crippen LogP contribution in [0.25, 0.3) is 11.2 Å². The van der Waals surface area contributed by atoms with E-state index in [0.717, 1.165) is 5.82 Å². The van der Waals surface area contributed by atoms with Crippen LogP contribution in [0.2, 0.25) is 0 Å². The number of anilines is 2. The second kappa shape index (κ2) is 5.59. The topological polar surface area (TPSA) is 58.9 Å². The Balaban J connectivity index is 2.11. The van der Waals surface area contributed by atoms with E-state index in [1.165, 1.54) is 6.07 Å². The van der Waals surface area contributed by atoms with Crippen LogP contribution in [0.15, 0.2) is 30.6 Å². The van der Waals surface area contributed by atoms with E-state index < -0.39 is 0 Å². The smallest absolute Gasteiger partial charge is 0.226 e. The molecule has 0 aliphatic heterocycles. The van der Waals surface area contributed by atoms with Crippen LogP contribution in [-0.2, 0) is 6.54 Å². The number of hydrogen-bond acceptors (Lipinski definition) is 5. The van der Waals surface area contributed by atoms with E-state index in [2.05, 4.69) is 20.3 Å². The SMILES string of the molecule is CNc1nc(N(C)C)c2ncn(Cc3ccccc3F)c2n1. The third-order valence-corrected chi connectivity index (χ3v) is 3.39. The number of fused-ring (bicyclic) bond motifs is 1. The Labute approximate surface area is 127 Å². The fourth-order valence-corrected chi connectivity index (χ4v) is 2.28. The quantitative estimate of drug-likeness (QED) is 0.800. The fourth-order valence-electron chi connectivity index (χ4n) is 2.28. The molecule has 1 aromatic carbocycles. The van der Waals surface area contributed by atoms with Crippen molar-refractivity contribution in [3.8, 4) is 0 Å². The standard InChI is InChI=1S/C15H17FN6/c1-17-15-19-13(21(2)3)12-14(20-15)22(9-18-12)8-10-6-4-5-7-11(10)16/h4-7,9H,8H2,1-3H3,(H,17,19,20). The Hall–Kier alpha value is -2.70. The number of aromatic nitrogens is 4. The van der Waals surface area contributed by atoms with Gasteiger partial charge in [-0.1, -0.05) is 18.2 Å². The maximum absolute atomic E-state index is 13.8. The third kappa shape index (κ3) is 2.45. The zero-order valence-corrected chi connectivity index (χ0v) is 12.7. The molecule has 22 heavy (non-hydrogen) atoms. The van der Waals surface area contributed by atoms with E-state index in [1.807, 2.05) is 29.6 Å². The van der Waals surface area contributed by atoms with Gasteiger partial charge in [0.05, 0.1) is 12.9 Å². The molecule has 3 rings (SSSR count). The second-order valence-electron chi connectivity index (χ2n) is 5.15. The Bertz CT molecular complexity index is 811. The fraction of sp³-hybridized carbons (Fsp3) is 0.267. The van der Waals surface area contributed by atoms with Crippen molar-refractivity contribution < 1.29 is 4.39 Å². The molecule has 0 spiro atoms. The summed E-state index contributed by atoms with van der Waals surface area (Å²) in [6, 6.07) is 6.70. The van der Waals surface area contributed by atoms with Crippen LogP contribution < -0.4 is 10.2 Å². The molecule has 6 nitrogen and oxygen atoms in total. The number of rotatable bonds is 4. The largest absolute Gasteiger partial charge is 0.361 e. The van der Waals surface area contributed by atoms with Crippen molar-refractivity contribution in [2.45, 2.75) is 6.54 Å². The van der Waals surface area contributed by atoms with Crippen LogP contribution in [0.5, 0.6) is 0 Å². The molecule has 114 valence electrons. The van der Waals surface area contributed by atoms with Crippen molar-refractivity contribution in [2.75, 3.05) is 31.4 Å². The molecule has 0 saturated heterocycles. The lowest BCUT2D eigenvalue weighted by Crippen LogP contribution is -2.13. The minimum absolute atomic E-state index is 0.236. The Morgan fingerprint density at radius 2 is 2.00 bits per heavy atom. The monoisotopic (exact) mass is 300 g/mol. The van der Waals surface area contributed by atoms with Gasteiger partial charge in [-0.25, -0.2) is 9.37 Å². The summed E-state index contributed by atoms with van der Waals surface area (Å²) in [4.78, 5) is 15.1. The van der Waals surface area contributed by atoms with Crippen molar-refractivity contribution in [1.82, 2.24) is 19.5 Å². The van der Waals surface area contributed by atoms with Gasteiger partial charge in [-0.05, 0) is 6.07 Å². The molecule has 0 saturated carbocycles. The van der Waals surface area contributed by atoms with Crippen molar-refractivity contribution in [2.24, 2.45) is 0 Å². The lowest BCUT2D eigenvalue weighted by Gasteiger charge is -2.13. The molecule has 7 heteroatoms. The molecule has 0 atom stereocenters. The van der Waals surface area contributed by atoms with Crippen molar-refractivity contribution in [1.29, 1.82) is 0 Å². The summed E-state index contributed by atoms with van der Waals surface area (Å²) in [7, 11) is 5.56. The summed E-state index contributed by atoms with van der Waals surface area (Å²) in [5.41, 5.74) is 1.96. The maximum Gasteiger partial charge on any atom is 0.226 e. The second-order valence-corrected chi connectivity index (χ2v) is 5.15. The van der Waals surface area contributed by atoms with Crippen LogP contribution >= 0.6 is 0 Å². The Morgan fingerprint density at radius 1 is 1.23 bits per heavy atom. The van der Waals surface area contributed by atoms with Gasteiger partial charge >= 0.3 is 0 Å². The zero-order chi connectivity index (χ0) is 15.7. The predicted molar refractivity (Wildman–Crippen MR) is 84.7 cm³/mol. The van der Waals surface area contributed by atoms with Crippen LogP contribution in [0.1, 0.15) is 5.56 Å². The summed E-state index contributed by atoms with van der Waals surface area (Å²) in [6.07, 6.45) is 1.66. The van der Waals surface area contributed by atoms with Crippen LogP contribution in [0, 0.1) is 5.82 Å². The average Bonchev–Trinajstić information content (AvgIpc) is 2.91. The predicted octanol–water partition coefficient (Wildman–Crippen LogP) is 2.12. The molecule has 0 radical (unpaired) electrons. The molecule has 0 bridgehead atoms. The molecular formula is C15H17FN6. The lowest BCUT2D eigenvalue weighted by atomic mass is 10.2. The normalized spacial score (nSPS) is 10.9. The summed E-state index contributed by atoms with van der Waals surface area (Å²) in [5.74, 6) is 0.994. The number of benzene rings is 1. The highest BCUT2D eigenvalue weighted by Crippen LogP contribution is 2.23. The third-order valence-electron chi connectivity index (χ3n) is 3.39. The van der Waals surface area contributed by atoms with Crippen molar-refractivity contribution in [3.05, 3.63) is 42.0 Å². The summed E-state index contributed by atoms with van der Waals surface area (Å²) in [6.45, 7) is 0.371. The molecule has 0 amide bonds. The van der Waals surface area contributed by atoms with Gasteiger partial charge in [0.15, 0.2) is 17.0 Å². The first-order valence-electron chi connectivity index (χ1n) is 6.91. The van der Waals surface area contributed by atoms with E-state index >= 15 is 0 Å². The molecule has 0 fully saturated rings. The molecular weight excluding hydrogens is 283 g/mol. The Kier molecular flexibility index (Phi) is 3.62. The van der Waals surface area contributed by atoms with E-state index in [9.17, 15) is 4.39 Å². The molecule has 0 aliphatic rings. The highest BCUT2D eigenvalue weighted by molar-refractivity contribution is 5.84. The number of hydrogen-bond donors (Lipinski definition) is 1. The van der Waals surface area contributed by atoms with E-state index in [1.54, 1.807) is 25.5 Å². The molecule has 0 aliphatic carbocycles. The molecule has 2 heterocycles. The lowest BCUT2D eigenvalue weighted by molar-refractivity contribution is 0.601. The summed E-state index contributed by atoms with van der Waals surface area (Å²) >= 11 is 0. The van der Waals surface area contributed by atoms with Gasteiger partial charge in [0.1, 0.15) is 5.82 Å². The first-order valence-corrected chi connectivity index (χ1v) is 6.91. The highest BCUT2D eigenvalue weighted by Gasteiger charge is 2.15. The zero-order valence-electron chi connectivity index (χ0n) is 12.7. The first-order chi connectivity index (χ1) is 10.6. The number of imidazole rings is 1. The summed E-state index contributed by atoms with van der Waals surface area (Å²) in [5, 5.41) is 2.94. The van der Waals surface area contributed by atoms with E-state index in [0.29, 0.717) is 29.2 Å². The van der Waals surface area contributed by atoms with Gasteiger partial charge in [0.2, 0.25) is 5.95 Å².